The molecule has 0 unspecified atom stereocenters. The van der Waals surface area contributed by atoms with Crippen LogP contribution in [0.15, 0.2) is 71.7 Å². The maximum atomic E-state index is 9.21. The summed E-state index contributed by atoms with van der Waals surface area (Å²) in [6, 6.07) is 15.0. The predicted octanol–water partition coefficient (Wildman–Crippen LogP) is -3.89. The van der Waals surface area contributed by atoms with E-state index in [4.69, 9.17) is 24.2 Å². The second-order valence-corrected chi connectivity index (χ2v) is 5.38. The second kappa shape index (κ2) is 14.0. The number of fused-ring (bicyclic) bond motifs is 1. The van der Waals surface area contributed by atoms with Crippen LogP contribution < -0.4 is 153 Å². The summed E-state index contributed by atoms with van der Waals surface area (Å²) >= 11 is 0. The summed E-state index contributed by atoms with van der Waals surface area (Å²) in [6.45, 7) is 0. The van der Waals surface area contributed by atoms with Crippen molar-refractivity contribution >= 4 is 17.1 Å². The van der Waals surface area contributed by atoms with E-state index in [9.17, 15) is 5.26 Å². The van der Waals surface area contributed by atoms with E-state index in [1.807, 2.05) is 36.4 Å². The zero-order chi connectivity index (χ0) is 19.9. The number of nitrogens with zero attached hydrogens (tertiary/aromatic N) is 3. The van der Waals surface area contributed by atoms with Crippen molar-refractivity contribution in [1.29, 1.82) is 5.26 Å². The van der Waals surface area contributed by atoms with Gasteiger partial charge in [0, 0.05) is 29.5 Å². The first-order valence-corrected chi connectivity index (χ1v) is 7.91. The van der Waals surface area contributed by atoms with Gasteiger partial charge < -0.3 is 24.2 Å². The van der Waals surface area contributed by atoms with Crippen LogP contribution in [0.1, 0.15) is 5.56 Å². The van der Waals surface area contributed by atoms with Crippen molar-refractivity contribution in [2.45, 2.75) is 0 Å². The van der Waals surface area contributed by atoms with Crippen molar-refractivity contribution in [2.24, 2.45) is 0 Å². The first-order valence-electron chi connectivity index (χ1n) is 7.91. The standard InChI is InChI=1S/C19H11N3O2.CH2O3.2Cs/c20-10-14-11-22-7-5-17(14)19-9-13-8-15(3-4-18(13)24-19)23-16-2-1-6-21-12-16;2-1(3)4;;/h1-9,11-12H;(H2,2,3,4);;/q;;2*+1/p-2. The average Bonchev–Trinajstić information content (AvgIpc) is 3.11. The number of nitriles is 1. The largest absolute Gasteiger partial charge is 1.00 e. The molecule has 3 aromatic heterocycles. The summed E-state index contributed by atoms with van der Waals surface area (Å²) < 4.78 is 11.6. The van der Waals surface area contributed by atoms with Crippen LogP contribution in [0, 0.1) is 11.3 Å². The fourth-order valence-electron chi connectivity index (χ4n) is 2.46. The van der Waals surface area contributed by atoms with Gasteiger partial charge in [0.15, 0.2) is 0 Å². The van der Waals surface area contributed by atoms with Gasteiger partial charge in [-0.15, -0.1) is 0 Å². The minimum absolute atomic E-state index is 0. The molecule has 0 atom stereocenters. The summed E-state index contributed by atoms with van der Waals surface area (Å²) in [5, 5.41) is 26.8. The first kappa shape index (κ1) is 27.8. The molecule has 138 valence electrons. The molecular weight excluding hydrogens is 628 g/mol. The SMILES string of the molecule is N#Cc1cnccc1-c1cc2cc(Oc3cccnc3)ccc2o1.O=C([O-])[O-].[Cs+].[Cs+]. The van der Waals surface area contributed by atoms with Gasteiger partial charge in [-0.25, -0.2) is 0 Å². The number of aromatic nitrogens is 2. The van der Waals surface area contributed by atoms with Crippen LogP contribution in [0.3, 0.4) is 0 Å². The fourth-order valence-corrected chi connectivity index (χ4v) is 2.46. The van der Waals surface area contributed by atoms with Gasteiger partial charge in [-0.3, -0.25) is 9.97 Å². The third kappa shape index (κ3) is 8.01. The van der Waals surface area contributed by atoms with Crippen LogP contribution in [0.4, 0.5) is 4.79 Å². The van der Waals surface area contributed by atoms with Gasteiger partial charge in [0.1, 0.15) is 28.9 Å². The molecule has 4 rings (SSSR count). The van der Waals surface area contributed by atoms with Gasteiger partial charge in [0.05, 0.1) is 11.8 Å². The molecule has 0 saturated carbocycles. The number of carbonyl (C=O) groups is 1. The number of furan rings is 1. The maximum absolute atomic E-state index is 9.21. The van der Waals surface area contributed by atoms with Crippen LogP contribution in [0.25, 0.3) is 22.3 Å². The molecule has 10 heteroatoms. The van der Waals surface area contributed by atoms with Gasteiger partial charge in [0.2, 0.25) is 0 Å². The molecule has 0 fully saturated rings. The van der Waals surface area contributed by atoms with Crippen LogP contribution in [0.5, 0.6) is 11.5 Å². The number of pyridine rings is 2. The fraction of sp³-hybridized carbons (Fsp3) is 0. The summed E-state index contributed by atoms with van der Waals surface area (Å²) in [5.41, 5.74) is 1.92. The van der Waals surface area contributed by atoms with E-state index in [-0.39, 0.29) is 138 Å². The molecule has 4 aromatic rings. The Kier molecular flexibility index (Phi) is 12.9. The molecule has 0 N–H and O–H groups in total. The smallest absolute Gasteiger partial charge is 0.652 e. The van der Waals surface area contributed by atoms with E-state index in [2.05, 4.69) is 16.0 Å². The topological polar surface area (TPSA) is 135 Å². The number of rotatable bonds is 3. The molecule has 1 aromatic carbocycles. The summed E-state index contributed by atoms with van der Waals surface area (Å²) in [6.07, 6.45) is 4.18. The van der Waals surface area contributed by atoms with Crippen LogP contribution in [0.2, 0.25) is 0 Å². The Hall–Kier alpha value is -0.276. The van der Waals surface area contributed by atoms with Gasteiger partial charge >= 0.3 is 138 Å². The second-order valence-electron chi connectivity index (χ2n) is 5.38. The Morgan fingerprint density at radius 3 is 2.40 bits per heavy atom. The van der Waals surface area contributed by atoms with Crippen molar-refractivity contribution in [3.05, 3.63) is 72.8 Å². The van der Waals surface area contributed by atoms with Crippen molar-refractivity contribution in [3.8, 4) is 28.9 Å². The van der Waals surface area contributed by atoms with Crippen LogP contribution >= 0.6 is 0 Å². The monoisotopic (exact) mass is 639 g/mol. The van der Waals surface area contributed by atoms with Crippen molar-refractivity contribution in [3.63, 3.8) is 0 Å². The van der Waals surface area contributed by atoms with Crippen molar-refractivity contribution in [1.82, 2.24) is 9.97 Å². The summed E-state index contributed by atoms with van der Waals surface area (Å²) in [4.78, 5) is 16.3. The predicted molar refractivity (Wildman–Crippen MR) is 93.9 cm³/mol. The number of ether oxygens (including phenoxy) is 1. The summed E-state index contributed by atoms with van der Waals surface area (Å²) in [5.74, 6) is 1.99. The molecule has 0 bridgehead atoms. The Labute approximate surface area is 289 Å². The maximum Gasteiger partial charge on any atom is 1.00 e. The number of carboxylic acid groups (broad SMARTS) is 2. The Balaban J connectivity index is 0.000000692. The minimum Gasteiger partial charge on any atom is -0.652 e. The van der Waals surface area contributed by atoms with Crippen molar-refractivity contribution in [2.75, 3.05) is 0 Å². The molecule has 0 aliphatic carbocycles. The van der Waals surface area contributed by atoms with Gasteiger partial charge in [-0.2, -0.15) is 5.26 Å². The van der Waals surface area contributed by atoms with E-state index < -0.39 is 6.16 Å². The van der Waals surface area contributed by atoms with E-state index in [1.54, 1.807) is 24.7 Å². The third-order valence-corrected chi connectivity index (χ3v) is 3.56. The molecule has 3 heterocycles. The zero-order valence-corrected chi connectivity index (χ0v) is 28.8. The molecule has 0 saturated heterocycles. The average molecular weight is 639 g/mol. The van der Waals surface area contributed by atoms with E-state index >= 15 is 0 Å². The number of hydrogen-bond donors (Lipinski definition) is 0. The van der Waals surface area contributed by atoms with Gasteiger partial charge in [-0.1, -0.05) is 0 Å². The molecule has 30 heavy (non-hydrogen) atoms. The molecule has 0 spiro atoms. The molecule has 0 amide bonds. The van der Waals surface area contributed by atoms with E-state index in [1.165, 1.54) is 6.20 Å². The molecule has 0 aliphatic heterocycles. The van der Waals surface area contributed by atoms with E-state index in [0.29, 0.717) is 22.8 Å². The third-order valence-electron chi connectivity index (χ3n) is 3.56. The minimum atomic E-state index is -2.33. The quantitative estimate of drug-likeness (QED) is 0.222. The Morgan fingerprint density at radius 2 is 1.73 bits per heavy atom. The Morgan fingerprint density at radius 1 is 1.00 bits per heavy atom. The molecule has 8 nitrogen and oxygen atoms in total. The Bertz CT molecular complexity index is 1160. The summed E-state index contributed by atoms with van der Waals surface area (Å²) in [7, 11) is 0. The van der Waals surface area contributed by atoms with Crippen LogP contribution in [-0.2, 0) is 0 Å². The van der Waals surface area contributed by atoms with Crippen molar-refractivity contribution < 1.29 is 162 Å². The zero-order valence-electron chi connectivity index (χ0n) is 16.2. The van der Waals surface area contributed by atoms with Gasteiger partial charge in [0.25, 0.3) is 0 Å². The first-order chi connectivity index (χ1) is 13.6. The van der Waals surface area contributed by atoms with E-state index in [0.717, 1.165) is 16.5 Å². The van der Waals surface area contributed by atoms with Gasteiger partial charge in [-0.05, 0) is 48.6 Å². The normalized spacial score (nSPS) is 9.17. The van der Waals surface area contributed by atoms with Crippen LogP contribution in [-0.4, -0.2) is 16.1 Å². The molecular formula is C20H11Cs2N3O5. The molecule has 0 aliphatic rings. The number of benzene rings is 1. The number of carbonyl (C=O) groups excluding carboxylic acids is 1. The number of hydrogen-bond acceptors (Lipinski definition) is 8. The molecule has 0 radical (unpaired) electrons.